The second-order valence-corrected chi connectivity index (χ2v) is 6.23. The molecular weight excluding hydrogens is 378 g/mol. The highest BCUT2D eigenvalue weighted by Gasteiger charge is 2.01. The lowest BCUT2D eigenvalue weighted by Crippen LogP contribution is -1.92. The molecule has 0 saturated carbocycles. The summed E-state index contributed by atoms with van der Waals surface area (Å²) in [5.41, 5.74) is 5.97. The Hall–Kier alpha value is -4.20. The molecule has 0 bridgehead atoms. The monoisotopic (exact) mass is 397 g/mol. The van der Waals surface area contributed by atoms with Crippen LogP contribution in [-0.4, -0.2) is 25.3 Å². The largest absolute Gasteiger partial charge is 0.240 e. The minimum Gasteiger partial charge on any atom is -0.211 e. The maximum absolute atomic E-state index is 10.3. The van der Waals surface area contributed by atoms with Crippen LogP contribution >= 0.6 is 0 Å². The molecule has 0 aliphatic rings. The van der Waals surface area contributed by atoms with Crippen molar-refractivity contribution in [2.75, 3.05) is 7.05 Å². The molecule has 0 radical (unpaired) electrons. The number of nitrogens with zero attached hydrogens (tertiary/aromatic N) is 3. The van der Waals surface area contributed by atoms with Gasteiger partial charge in [0.25, 0.3) is 0 Å². The zero-order valence-electron chi connectivity index (χ0n) is 16.4. The SMILES string of the molecule is CN=C=O.O=C=Nc1ccc(Cc2cccc(Cc3ccc(N=C=O)cc3)c2)cc1. The van der Waals surface area contributed by atoms with Gasteiger partial charge < -0.3 is 0 Å². The van der Waals surface area contributed by atoms with Gasteiger partial charge in [0.1, 0.15) is 0 Å². The predicted molar refractivity (Wildman–Crippen MR) is 115 cm³/mol. The van der Waals surface area contributed by atoms with Crippen molar-refractivity contribution in [3.63, 3.8) is 0 Å². The first-order valence-electron chi connectivity index (χ1n) is 9.06. The average Bonchev–Trinajstić information content (AvgIpc) is 2.77. The van der Waals surface area contributed by atoms with Gasteiger partial charge in [-0.3, -0.25) is 0 Å². The summed E-state index contributed by atoms with van der Waals surface area (Å²) < 4.78 is 0. The number of hydrogen-bond donors (Lipinski definition) is 0. The van der Waals surface area contributed by atoms with Gasteiger partial charge in [-0.2, -0.15) is 9.98 Å². The summed E-state index contributed by atoms with van der Waals surface area (Å²) in [7, 11) is 1.38. The van der Waals surface area contributed by atoms with Crippen molar-refractivity contribution in [1.29, 1.82) is 0 Å². The van der Waals surface area contributed by atoms with Crippen LogP contribution in [0.15, 0.2) is 87.8 Å². The Bertz CT molecular complexity index is 1020. The fraction of sp³-hybridized carbons (Fsp3) is 0.125. The van der Waals surface area contributed by atoms with Gasteiger partial charge in [0, 0.05) is 7.05 Å². The van der Waals surface area contributed by atoms with E-state index in [0.29, 0.717) is 11.4 Å². The third kappa shape index (κ3) is 7.43. The molecule has 0 N–H and O–H groups in total. The molecule has 3 rings (SSSR count). The highest BCUT2D eigenvalue weighted by Crippen LogP contribution is 2.19. The maximum atomic E-state index is 10.3. The van der Waals surface area contributed by atoms with Gasteiger partial charge in [-0.05, 0) is 59.4 Å². The average molecular weight is 397 g/mol. The van der Waals surface area contributed by atoms with Crippen molar-refractivity contribution in [2.24, 2.45) is 15.0 Å². The van der Waals surface area contributed by atoms with Gasteiger partial charge in [-0.1, -0.05) is 48.5 Å². The molecule has 0 aliphatic heterocycles. The zero-order valence-corrected chi connectivity index (χ0v) is 16.4. The summed E-state index contributed by atoms with van der Waals surface area (Å²) in [5, 5.41) is 0. The topological polar surface area (TPSA) is 88.3 Å². The number of rotatable bonds is 6. The molecule has 0 unspecified atom stereocenters. The Morgan fingerprint density at radius 2 is 1.00 bits per heavy atom. The lowest BCUT2D eigenvalue weighted by Gasteiger charge is -2.07. The summed E-state index contributed by atoms with van der Waals surface area (Å²) in [5.74, 6) is 0. The van der Waals surface area contributed by atoms with Crippen LogP contribution in [0, 0.1) is 0 Å². The molecule has 30 heavy (non-hydrogen) atoms. The number of benzene rings is 3. The van der Waals surface area contributed by atoms with Crippen LogP contribution in [0.2, 0.25) is 0 Å². The van der Waals surface area contributed by atoms with Gasteiger partial charge in [-0.25, -0.2) is 19.4 Å². The van der Waals surface area contributed by atoms with Crippen molar-refractivity contribution >= 4 is 29.6 Å². The van der Waals surface area contributed by atoms with Crippen molar-refractivity contribution in [2.45, 2.75) is 12.8 Å². The number of aliphatic imine (C=N–C) groups is 3. The lowest BCUT2D eigenvalue weighted by atomic mass is 9.99. The van der Waals surface area contributed by atoms with Gasteiger partial charge in [0.15, 0.2) is 0 Å². The van der Waals surface area contributed by atoms with Gasteiger partial charge in [0.05, 0.1) is 11.4 Å². The molecule has 0 amide bonds. The van der Waals surface area contributed by atoms with Crippen molar-refractivity contribution < 1.29 is 14.4 Å². The van der Waals surface area contributed by atoms with E-state index in [0.717, 1.165) is 24.0 Å². The van der Waals surface area contributed by atoms with E-state index in [1.54, 1.807) is 12.2 Å². The molecule has 0 aliphatic carbocycles. The molecule has 3 aromatic carbocycles. The molecule has 0 saturated heterocycles. The van der Waals surface area contributed by atoms with E-state index in [9.17, 15) is 9.59 Å². The van der Waals surface area contributed by atoms with Crippen molar-refractivity contribution in [1.82, 2.24) is 0 Å². The Kier molecular flexibility index (Phi) is 9.06. The van der Waals surface area contributed by atoms with E-state index >= 15 is 0 Å². The van der Waals surface area contributed by atoms with Crippen LogP contribution in [0.25, 0.3) is 0 Å². The third-order valence-corrected chi connectivity index (χ3v) is 4.12. The smallest absolute Gasteiger partial charge is 0.211 e. The molecule has 0 heterocycles. The van der Waals surface area contributed by atoms with Crippen molar-refractivity contribution in [3.05, 3.63) is 95.1 Å². The molecule has 148 valence electrons. The summed E-state index contributed by atoms with van der Waals surface area (Å²) in [6.07, 6.45) is 6.02. The summed E-state index contributed by atoms with van der Waals surface area (Å²) in [6.45, 7) is 0. The van der Waals surface area contributed by atoms with Crippen LogP contribution < -0.4 is 0 Å². The minimum atomic E-state index is 0.611. The van der Waals surface area contributed by atoms with E-state index in [-0.39, 0.29) is 0 Å². The van der Waals surface area contributed by atoms with E-state index in [1.165, 1.54) is 24.3 Å². The Labute approximate surface area is 174 Å². The van der Waals surface area contributed by atoms with Crippen LogP contribution in [0.4, 0.5) is 11.4 Å². The molecule has 3 aromatic rings. The number of hydrogen-bond acceptors (Lipinski definition) is 6. The van der Waals surface area contributed by atoms with E-state index < -0.39 is 0 Å². The first-order chi connectivity index (χ1) is 14.7. The second kappa shape index (κ2) is 12.3. The van der Waals surface area contributed by atoms with Crippen LogP contribution in [-0.2, 0) is 27.2 Å². The third-order valence-electron chi connectivity index (χ3n) is 4.12. The van der Waals surface area contributed by atoms with Gasteiger partial charge in [0.2, 0.25) is 18.2 Å². The molecule has 0 spiro atoms. The van der Waals surface area contributed by atoms with Gasteiger partial charge >= 0.3 is 0 Å². The molecule has 0 aromatic heterocycles. The quantitative estimate of drug-likeness (QED) is 0.444. The maximum Gasteiger partial charge on any atom is 0.240 e. The van der Waals surface area contributed by atoms with Crippen LogP contribution in [0.1, 0.15) is 22.3 Å². The molecule has 6 nitrogen and oxygen atoms in total. The molecular formula is C24H19N3O3. The predicted octanol–water partition coefficient (Wildman–Crippen LogP) is 4.75. The highest BCUT2D eigenvalue weighted by molar-refractivity contribution is 5.50. The number of carbonyl (C=O) groups excluding carboxylic acids is 3. The van der Waals surface area contributed by atoms with Crippen LogP contribution in [0.3, 0.4) is 0 Å². The highest BCUT2D eigenvalue weighted by atomic mass is 16.1. The molecule has 6 heteroatoms. The van der Waals surface area contributed by atoms with Gasteiger partial charge in [-0.15, -0.1) is 0 Å². The Morgan fingerprint density at radius 1 is 0.600 bits per heavy atom. The summed E-state index contributed by atoms with van der Waals surface area (Å²) in [4.78, 5) is 39.6. The minimum absolute atomic E-state index is 0.611. The van der Waals surface area contributed by atoms with E-state index in [2.05, 4.69) is 39.2 Å². The summed E-state index contributed by atoms with van der Waals surface area (Å²) >= 11 is 0. The van der Waals surface area contributed by atoms with E-state index in [4.69, 9.17) is 4.79 Å². The Morgan fingerprint density at radius 3 is 1.33 bits per heavy atom. The fourth-order valence-corrected chi connectivity index (χ4v) is 2.80. The normalized spacial score (nSPS) is 9.10. The number of isocyanates is 3. The first kappa shape index (κ1) is 22.1. The van der Waals surface area contributed by atoms with Crippen LogP contribution in [0.5, 0.6) is 0 Å². The zero-order chi connectivity index (χ0) is 21.6. The second-order valence-electron chi connectivity index (χ2n) is 6.23. The lowest BCUT2D eigenvalue weighted by molar-refractivity contribution is 0.564. The van der Waals surface area contributed by atoms with E-state index in [1.807, 2.05) is 48.5 Å². The molecule has 0 atom stereocenters. The molecule has 0 fully saturated rings. The standard InChI is InChI=1S/C22H16N2O2.C2H3NO/c25-15-23-21-8-4-17(5-9-21)12-19-2-1-3-20(14-19)13-18-6-10-22(11-7-18)24-16-26;1-3-2-4/h1-11,14H,12-13H2;1H3. The first-order valence-corrected chi connectivity index (χ1v) is 9.06. The van der Waals surface area contributed by atoms with Crippen molar-refractivity contribution in [3.8, 4) is 0 Å². The Balaban J connectivity index is 0.000000735. The summed E-state index contributed by atoms with van der Waals surface area (Å²) in [6, 6.07) is 23.6. The fourth-order valence-electron chi connectivity index (χ4n) is 2.80.